The minimum atomic E-state index is -0.833. The molecular weight excluding hydrogens is 232 g/mol. The van der Waals surface area contributed by atoms with Crippen LogP contribution in [0.15, 0.2) is 28.7 Å². The van der Waals surface area contributed by atoms with Gasteiger partial charge in [0.25, 0.3) is 0 Å². The normalized spacial score (nSPS) is 15.0. The number of aldehydes is 1. The van der Waals surface area contributed by atoms with Gasteiger partial charge < -0.3 is 4.74 Å². The molecule has 0 heterocycles. The van der Waals surface area contributed by atoms with E-state index in [4.69, 9.17) is 4.74 Å². The minimum absolute atomic E-state index is 0.802. The third-order valence-electron chi connectivity index (χ3n) is 2.07. The maximum absolute atomic E-state index is 10.8. The van der Waals surface area contributed by atoms with E-state index in [2.05, 4.69) is 15.9 Å². The highest BCUT2D eigenvalue weighted by Crippen LogP contribution is 2.23. The number of rotatable bonds is 3. The fraction of sp³-hybridized carbons (Fsp3) is 0.300. The largest absolute Gasteiger partial charge is 0.366 e. The number of hydrogen-bond donors (Lipinski definition) is 0. The molecule has 0 amide bonds. The fourth-order valence-corrected chi connectivity index (χ4v) is 1.28. The summed E-state index contributed by atoms with van der Waals surface area (Å²) in [6, 6.07) is 7.50. The minimum Gasteiger partial charge on any atom is -0.366 e. The zero-order valence-corrected chi connectivity index (χ0v) is 9.17. The number of carbonyl (C=O) groups is 1. The lowest BCUT2D eigenvalue weighted by Gasteiger charge is -2.21. The molecule has 0 aliphatic heterocycles. The molecule has 1 unspecified atom stereocenters. The van der Waals surface area contributed by atoms with Crippen LogP contribution in [0.1, 0.15) is 12.5 Å². The Morgan fingerprint density at radius 2 is 1.92 bits per heavy atom. The molecule has 0 aliphatic rings. The van der Waals surface area contributed by atoms with Crippen molar-refractivity contribution in [2.45, 2.75) is 12.5 Å². The van der Waals surface area contributed by atoms with E-state index >= 15 is 0 Å². The van der Waals surface area contributed by atoms with Crippen LogP contribution in [0.2, 0.25) is 0 Å². The lowest BCUT2D eigenvalue weighted by molar-refractivity contribution is -0.126. The van der Waals surface area contributed by atoms with Crippen molar-refractivity contribution in [1.82, 2.24) is 0 Å². The third-order valence-corrected chi connectivity index (χ3v) is 2.60. The molecule has 2 nitrogen and oxygen atoms in total. The zero-order valence-electron chi connectivity index (χ0n) is 7.58. The van der Waals surface area contributed by atoms with E-state index in [0.29, 0.717) is 0 Å². The fourth-order valence-electron chi connectivity index (χ4n) is 1.01. The summed E-state index contributed by atoms with van der Waals surface area (Å²) in [5.74, 6) is 0. The van der Waals surface area contributed by atoms with E-state index in [1.54, 1.807) is 6.92 Å². The van der Waals surface area contributed by atoms with Crippen molar-refractivity contribution in [3.8, 4) is 0 Å². The van der Waals surface area contributed by atoms with Gasteiger partial charge >= 0.3 is 0 Å². The topological polar surface area (TPSA) is 26.3 Å². The van der Waals surface area contributed by atoms with Gasteiger partial charge in [0, 0.05) is 11.6 Å². The maximum atomic E-state index is 10.8. The first kappa shape index (κ1) is 10.4. The molecule has 3 heteroatoms. The summed E-state index contributed by atoms with van der Waals surface area (Å²) in [6.07, 6.45) is 0.802. The predicted octanol–water partition coefficient (Wildman–Crippen LogP) is 2.51. The van der Waals surface area contributed by atoms with Crippen LogP contribution >= 0.6 is 15.9 Å². The summed E-state index contributed by atoms with van der Waals surface area (Å²) in [5.41, 5.74) is 0.0222. The van der Waals surface area contributed by atoms with Gasteiger partial charge in [0.2, 0.25) is 0 Å². The Kier molecular flexibility index (Phi) is 3.22. The monoisotopic (exact) mass is 242 g/mol. The molecule has 13 heavy (non-hydrogen) atoms. The van der Waals surface area contributed by atoms with Crippen molar-refractivity contribution >= 4 is 22.2 Å². The van der Waals surface area contributed by atoms with Gasteiger partial charge in [-0.05, 0) is 24.6 Å². The average molecular weight is 243 g/mol. The number of hydrogen-bond acceptors (Lipinski definition) is 2. The molecule has 0 radical (unpaired) electrons. The summed E-state index contributed by atoms with van der Waals surface area (Å²) >= 11 is 3.33. The van der Waals surface area contributed by atoms with Crippen molar-refractivity contribution in [2.24, 2.45) is 0 Å². The lowest BCUT2D eigenvalue weighted by Crippen LogP contribution is -2.25. The number of benzene rings is 1. The van der Waals surface area contributed by atoms with Crippen LogP contribution in [0.25, 0.3) is 0 Å². The molecule has 1 atom stereocenters. The standard InChI is InChI=1S/C10H11BrO2/c1-10(7-12,13-2)8-3-5-9(11)6-4-8/h3-7H,1-2H3. The van der Waals surface area contributed by atoms with Gasteiger partial charge in [-0.1, -0.05) is 28.1 Å². The Morgan fingerprint density at radius 3 is 2.31 bits per heavy atom. The average Bonchev–Trinajstić information content (AvgIpc) is 2.18. The van der Waals surface area contributed by atoms with Gasteiger partial charge in [0.05, 0.1) is 0 Å². The maximum Gasteiger partial charge on any atom is 0.156 e. The van der Waals surface area contributed by atoms with Crippen molar-refractivity contribution in [2.75, 3.05) is 7.11 Å². The van der Waals surface area contributed by atoms with Crippen LogP contribution in [0, 0.1) is 0 Å². The van der Waals surface area contributed by atoms with Crippen molar-refractivity contribution in [3.63, 3.8) is 0 Å². The Balaban J connectivity index is 3.06. The van der Waals surface area contributed by atoms with Crippen LogP contribution in [0.5, 0.6) is 0 Å². The summed E-state index contributed by atoms with van der Waals surface area (Å²) < 4.78 is 6.12. The van der Waals surface area contributed by atoms with E-state index in [0.717, 1.165) is 16.3 Å². The van der Waals surface area contributed by atoms with Crippen LogP contribution in [-0.4, -0.2) is 13.4 Å². The quantitative estimate of drug-likeness (QED) is 0.762. The highest BCUT2D eigenvalue weighted by atomic mass is 79.9. The molecule has 1 aromatic carbocycles. The van der Waals surface area contributed by atoms with Gasteiger partial charge in [-0.15, -0.1) is 0 Å². The first-order chi connectivity index (χ1) is 6.12. The molecule has 0 aliphatic carbocycles. The molecule has 1 rings (SSSR count). The molecule has 0 spiro atoms. The smallest absolute Gasteiger partial charge is 0.156 e. The number of ether oxygens (including phenoxy) is 1. The third kappa shape index (κ3) is 2.17. The molecule has 0 bridgehead atoms. The molecule has 70 valence electrons. The Bertz CT molecular complexity index is 294. The van der Waals surface area contributed by atoms with Crippen LogP contribution in [0.3, 0.4) is 0 Å². The first-order valence-electron chi connectivity index (χ1n) is 3.90. The van der Waals surface area contributed by atoms with Gasteiger partial charge in [0.1, 0.15) is 5.60 Å². The summed E-state index contributed by atoms with van der Waals surface area (Å²) in [4.78, 5) is 10.8. The molecule has 0 aromatic heterocycles. The summed E-state index contributed by atoms with van der Waals surface area (Å²) in [5, 5.41) is 0. The zero-order chi connectivity index (χ0) is 9.90. The van der Waals surface area contributed by atoms with E-state index < -0.39 is 5.60 Å². The van der Waals surface area contributed by atoms with E-state index in [9.17, 15) is 4.79 Å². The van der Waals surface area contributed by atoms with Gasteiger partial charge in [-0.3, -0.25) is 4.79 Å². The molecule has 0 N–H and O–H groups in total. The second kappa shape index (κ2) is 4.03. The molecule has 1 aromatic rings. The highest BCUT2D eigenvalue weighted by Gasteiger charge is 2.24. The predicted molar refractivity (Wildman–Crippen MR) is 54.6 cm³/mol. The molecular formula is C10H11BrO2. The summed E-state index contributed by atoms with van der Waals surface area (Å²) in [7, 11) is 1.52. The SMILES string of the molecule is COC(C)(C=O)c1ccc(Br)cc1. The lowest BCUT2D eigenvalue weighted by atomic mass is 9.98. The van der Waals surface area contributed by atoms with Gasteiger partial charge in [-0.25, -0.2) is 0 Å². The Morgan fingerprint density at radius 1 is 1.38 bits per heavy atom. The second-order valence-corrected chi connectivity index (χ2v) is 3.85. The van der Waals surface area contributed by atoms with E-state index in [-0.39, 0.29) is 0 Å². The van der Waals surface area contributed by atoms with Crippen molar-refractivity contribution in [1.29, 1.82) is 0 Å². The van der Waals surface area contributed by atoms with Crippen molar-refractivity contribution in [3.05, 3.63) is 34.3 Å². The van der Waals surface area contributed by atoms with Crippen molar-refractivity contribution < 1.29 is 9.53 Å². The molecule has 0 fully saturated rings. The first-order valence-corrected chi connectivity index (χ1v) is 4.69. The Hall–Kier alpha value is -0.670. The number of halogens is 1. The number of methoxy groups -OCH3 is 1. The van der Waals surface area contributed by atoms with Gasteiger partial charge in [0.15, 0.2) is 6.29 Å². The van der Waals surface area contributed by atoms with Crippen LogP contribution in [-0.2, 0) is 15.1 Å². The van der Waals surface area contributed by atoms with Crippen LogP contribution < -0.4 is 0 Å². The molecule has 0 saturated heterocycles. The Labute approximate surface area is 86.0 Å². The summed E-state index contributed by atoms with van der Waals surface area (Å²) in [6.45, 7) is 1.74. The van der Waals surface area contributed by atoms with E-state index in [1.165, 1.54) is 7.11 Å². The number of carbonyl (C=O) groups excluding carboxylic acids is 1. The van der Waals surface area contributed by atoms with Gasteiger partial charge in [-0.2, -0.15) is 0 Å². The van der Waals surface area contributed by atoms with E-state index in [1.807, 2.05) is 24.3 Å². The second-order valence-electron chi connectivity index (χ2n) is 2.94. The highest BCUT2D eigenvalue weighted by molar-refractivity contribution is 9.10. The molecule has 0 saturated carbocycles. The van der Waals surface area contributed by atoms with Crippen LogP contribution in [0.4, 0.5) is 0 Å².